The van der Waals surface area contributed by atoms with Crippen LogP contribution in [0.1, 0.15) is 5.82 Å². The maximum Gasteiger partial charge on any atom is 0.180 e. The lowest BCUT2D eigenvalue weighted by molar-refractivity contribution is 0.914. The molecular formula is C8H9ClN4S. The molecule has 0 aliphatic carbocycles. The molecule has 2 heterocycles. The van der Waals surface area contributed by atoms with Gasteiger partial charge < -0.3 is 0 Å². The van der Waals surface area contributed by atoms with Crippen LogP contribution < -0.4 is 0 Å². The molecule has 6 heteroatoms. The van der Waals surface area contributed by atoms with Gasteiger partial charge in [0.2, 0.25) is 0 Å². The van der Waals surface area contributed by atoms with Gasteiger partial charge in [0.15, 0.2) is 5.65 Å². The van der Waals surface area contributed by atoms with Crippen LogP contribution in [0.25, 0.3) is 5.65 Å². The minimum atomic E-state index is 0.559. The minimum Gasteiger partial charge on any atom is -0.266 e. The number of halogens is 1. The third-order valence-corrected chi connectivity index (χ3v) is 2.75. The lowest BCUT2D eigenvalue weighted by Gasteiger charge is -1.99. The van der Waals surface area contributed by atoms with Gasteiger partial charge >= 0.3 is 0 Å². The largest absolute Gasteiger partial charge is 0.266 e. The Hall–Kier alpha value is -0.810. The zero-order valence-electron chi connectivity index (χ0n) is 7.64. The average Bonchev–Trinajstić information content (AvgIpc) is 2.59. The quantitative estimate of drug-likeness (QED) is 0.802. The van der Waals surface area contributed by atoms with Crippen LogP contribution in [0, 0.1) is 0 Å². The van der Waals surface area contributed by atoms with Crippen molar-refractivity contribution in [3.63, 3.8) is 0 Å². The second kappa shape index (κ2) is 4.14. The first-order valence-electron chi connectivity index (χ1n) is 4.15. The van der Waals surface area contributed by atoms with Gasteiger partial charge in [0, 0.05) is 12.2 Å². The molecule has 0 saturated carbocycles. The highest BCUT2D eigenvalue weighted by atomic mass is 35.5. The van der Waals surface area contributed by atoms with Gasteiger partial charge in [-0.15, -0.1) is 10.2 Å². The number of rotatable bonds is 3. The summed E-state index contributed by atoms with van der Waals surface area (Å²) in [6.45, 7) is 0. The monoisotopic (exact) mass is 228 g/mol. The van der Waals surface area contributed by atoms with Gasteiger partial charge in [-0.1, -0.05) is 11.6 Å². The Morgan fingerprint density at radius 2 is 2.29 bits per heavy atom. The lowest BCUT2D eigenvalue weighted by atomic mass is 10.4. The summed E-state index contributed by atoms with van der Waals surface area (Å²) in [4.78, 5) is 3.95. The van der Waals surface area contributed by atoms with E-state index >= 15 is 0 Å². The molecule has 2 aromatic heterocycles. The fourth-order valence-corrected chi connectivity index (χ4v) is 1.85. The molecule has 0 atom stereocenters. The smallest absolute Gasteiger partial charge is 0.180 e. The number of nitrogens with zero attached hydrogens (tertiary/aromatic N) is 4. The third-order valence-electron chi connectivity index (χ3n) is 1.87. The van der Waals surface area contributed by atoms with Crippen molar-refractivity contribution in [1.82, 2.24) is 19.6 Å². The predicted octanol–water partition coefficient (Wildman–Crippen LogP) is 1.68. The second-order valence-electron chi connectivity index (χ2n) is 2.78. The maximum absolute atomic E-state index is 6.00. The summed E-state index contributed by atoms with van der Waals surface area (Å²) in [5, 5.41) is 8.62. The van der Waals surface area contributed by atoms with Gasteiger partial charge in [-0.3, -0.25) is 9.38 Å². The molecule has 0 aromatic carbocycles. The van der Waals surface area contributed by atoms with E-state index < -0.39 is 0 Å². The SMILES string of the molecule is CSCCc1nnc2cncc(Cl)n12. The molecule has 0 saturated heterocycles. The fraction of sp³-hybridized carbons (Fsp3) is 0.375. The number of hydrogen-bond donors (Lipinski definition) is 0. The van der Waals surface area contributed by atoms with E-state index in [-0.39, 0.29) is 0 Å². The molecule has 14 heavy (non-hydrogen) atoms. The maximum atomic E-state index is 6.00. The van der Waals surface area contributed by atoms with Crippen molar-refractivity contribution < 1.29 is 0 Å². The first-order valence-corrected chi connectivity index (χ1v) is 5.92. The van der Waals surface area contributed by atoms with Crippen LogP contribution >= 0.6 is 23.4 Å². The Kier molecular flexibility index (Phi) is 2.88. The number of hydrogen-bond acceptors (Lipinski definition) is 4. The second-order valence-corrected chi connectivity index (χ2v) is 4.16. The number of fused-ring (bicyclic) bond motifs is 1. The van der Waals surface area contributed by atoms with E-state index in [4.69, 9.17) is 11.6 Å². The van der Waals surface area contributed by atoms with E-state index in [0.29, 0.717) is 10.8 Å². The van der Waals surface area contributed by atoms with Crippen LogP contribution in [0.2, 0.25) is 5.15 Å². The van der Waals surface area contributed by atoms with Gasteiger partial charge in [0.05, 0.1) is 12.4 Å². The van der Waals surface area contributed by atoms with Crippen LogP contribution in [0.3, 0.4) is 0 Å². The van der Waals surface area contributed by atoms with Crippen molar-refractivity contribution in [2.75, 3.05) is 12.0 Å². The molecule has 74 valence electrons. The molecule has 2 rings (SSSR count). The summed E-state index contributed by atoms with van der Waals surface area (Å²) in [6.07, 6.45) is 6.18. The highest BCUT2D eigenvalue weighted by Crippen LogP contribution is 2.12. The summed E-state index contributed by atoms with van der Waals surface area (Å²) in [6, 6.07) is 0. The Morgan fingerprint density at radius 3 is 3.07 bits per heavy atom. The standard InChI is InChI=1S/C8H9ClN4S/c1-14-3-2-7-11-12-8-5-10-4-6(9)13(7)8/h4-5H,2-3H2,1H3. The summed E-state index contributed by atoms with van der Waals surface area (Å²) in [5.74, 6) is 1.90. The van der Waals surface area contributed by atoms with Crippen molar-refractivity contribution >= 4 is 29.0 Å². The fourth-order valence-electron chi connectivity index (χ4n) is 1.23. The Labute approximate surface area is 90.7 Å². The molecule has 0 N–H and O–H groups in total. The summed E-state index contributed by atoms with van der Waals surface area (Å²) in [5.41, 5.74) is 0.702. The van der Waals surface area contributed by atoms with E-state index in [1.54, 1.807) is 24.2 Å². The zero-order chi connectivity index (χ0) is 9.97. The van der Waals surface area contributed by atoms with Crippen LogP contribution in [0.15, 0.2) is 12.4 Å². The first kappa shape index (κ1) is 9.73. The normalized spacial score (nSPS) is 11.0. The lowest BCUT2D eigenvalue weighted by Crippen LogP contribution is -1.98. The molecular weight excluding hydrogens is 220 g/mol. The number of aromatic nitrogens is 4. The van der Waals surface area contributed by atoms with E-state index in [1.807, 2.05) is 4.40 Å². The number of thioether (sulfide) groups is 1. The molecule has 4 nitrogen and oxygen atoms in total. The third kappa shape index (κ3) is 1.69. The van der Waals surface area contributed by atoms with Crippen molar-refractivity contribution in [2.24, 2.45) is 0 Å². The van der Waals surface area contributed by atoms with E-state index in [2.05, 4.69) is 21.4 Å². The summed E-state index contributed by atoms with van der Waals surface area (Å²) in [7, 11) is 0. The zero-order valence-corrected chi connectivity index (χ0v) is 9.22. The van der Waals surface area contributed by atoms with Gasteiger partial charge in [0.1, 0.15) is 11.0 Å². The topological polar surface area (TPSA) is 43.1 Å². The molecule has 2 aromatic rings. The predicted molar refractivity (Wildman–Crippen MR) is 57.9 cm³/mol. The van der Waals surface area contributed by atoms with E-state index in [9.17, 15) is 0 Å². The molecule has 0 amide bonds. The molecule has 0 radical (unpaired) electrons. The molecule has 0 bridgehead atoms. The van der Waals surface area contributed by atoms with Crippen LogP contribution in [-0.4, -0.2) is 31.6 Å². The van der Waals surface area contributed by atoms with Gasteiger partial charge in [-0.05, 0) is 6.26 Å². The van der Waals surface area contributed by atoms with Crippen molar-refractivity contribution in [2.45, 2.75) is 6.42 Å². The highest BCUT2D eigenvalue weighted by Gasteiger charge is 2.07. The minimum absolute atomic E-state index is 0.559. The van der Waals surface area contributed by atoms with E-state index in [1.165, 1.54) is 0 Å². The van der Waals surface area contributed by atoms with Crippen molar-refractivity contribution in [3.8, 4) is 0 Å². The molecule has 0 fully saturated rings. The molecule has 0 aliphatic rings. The van der Waals surface area contributed by atoms with Crippen molar-refractivity contribution in [1.29, 1.82) is 0 Å². The summed E-state index contributed by atoms with van der Waals surface area (Å²) < 4.78 is 1.82. The van der Waals surface area contributed by atoms with Crippen LogP contribution in [0.5, 0.6) is 0 Å². The van der Waals surface area contributed by atoms with Gasteiger partial charge in [-0.2, -0.15) is 11.8 Å². The van der Waals surface area contributed by atoms with Crippen molar-refractivity contribution in [3.05, 3.63) is 23.4 Å². The Balaban J connectivity index is 2.45. The highest BCUT2D eigenvalue weighted by molar-refractivity contribution is 7.98. The Bertz CT molecular complexity index is 442. The van der Waals surface area contributed by atoms with Gasteiger partial charge in [0.25, 0.3) is 0 Å². The van der Waals surface area contributed by atoms with Gasteiger partial charge in [-0.25, -0.2) is 0 Å². The van der Waals surface area contributed by atoms with Crippen LogP contribution in [-0.2, 0) is 6.42 Å². The average molecular weight is 229 g/mol. The Morgan fingerprint density at radius 1 is 1.43 bits per heavy atom. The molecule has 0 unspecified atom stereocenters. The molecule has 0 spiro atoms. The van der Waals surface area contributed by atoms with Crippen LogP contribution in [0.4, 0.5) is 0 Å². The van der Waals surface area contributed by atoms with E-state index in [0.717, 1.165) is 18.0 Å². The molecule has 0 aliphatic heterocycles. The summed E-state index contributed by atoms with van der Waals surface area (Å²) >= 11 is 7.77. The first-order chi connectivity index (χ1) is 6.83. The number of aryl methyl sites for hydroxylation is 1.